The van der Waals surface area contributed by atoms with Crippen LogP contribution in [0.2, 0.25) is 13.1 Å². The maximum atomic E-state index is 2.61. The van der Waals surface area contributed by atoms with E-state index in [1.165, 1.54) is 33.9 Å². The van der Waals surface area contributed by atoms with E-state index in [1.807, 2.05) is 0 Å². The van der Waals surface area contributed by atoms with Crippen molar-refractivity contribution < 1.29 is 0 Å². The molecule has 3 heteroatoms. The summed E-state index contributed by atoms with van der Waals surface area (Å²) in [6.45, 7) is 16.6. The Hall–Kier alpha value is -3.30. The van der Waals surface area contributed by atoms with Crippen LogP contribution in [0.3, 0.4) is 0 Å². The minimum Gasteiger partial charge on any atom is -0.337 e. The molecule has 0 bridgehead atoms. The van der Waals surface area contributed by atoms with Gasteiger partial charge in [-0.25, -0.2) is 0 Å². The number of allylic oxidation sites excluding steroid dienone is 6. The van der Waals surface area contributed by atoms with Gasteiger partial charge in [0.2, 0.25) is 0 Å². The van der Waals surface area contributed by atoms with Crippen molar-refractivity contribution in [2.24, 2.45) is 11.8 Å². The van der Waals surface area contributed by atoms with Crippen molar-refractivity contribution in [2.45, 2.75) is 40.8 Å². The fraction of sp³-hybridized carbons (Fsp3) is 0.294. The summed E-state index contributed by atoms with van der Waals surface area (Å²) in [5.74, 6) is 0.988. The predicted octanol–water partition coefficient (Wildman–Crippen LogP) is 8.37. The molecule has 0 N–H and O–H groups in total. The molecule has 37 heavy (non-hydrogen) atoms. The molecule has 2 heterocycles. The Morgan fingerprint density at radius 3 is 1.32 bits per heavy atom. The lowest BCUT2D eigenvalue weighted by molar-refractivity contribution is 0.787. The van der Waals surface area contributed by atoms with Gasteiger partial charge in [0, 0.05) is 35.9 Å². The van der Waals surface area contributed by atoms with Gasteiger partial charge in [0.15, 0.2) is 0 Å². The van der Waals surface area contributed by atoms with Gasteiger partial charge in [0.05, 0.1) is 0 Å². The van der Waals surface area contributed by atoms with E-state index in [1.54, 1.807) is 21.5 Å². The number of para-hydroxylation sites is 2. The number of fused-ring (bicyclic) bond motifs is 2. The Bertz CT molecular complexity index is 1320. The maximum absolute atomic E-state index is 2.61. The van der Waals surface area contributed by atoms with Gasteiger partial charge in [-0.3, -0.25) is 0 Å². The molecule has 0 unspecified atom stereocenters. The third-order valence-electron chi connectivity index (χ3n) is 8.42. The Morgan fingerprint density at radius 1 is 0.595 bits per heavy atom. The summed E-state index contributed by atoms with van der Waals surface area (Å²) in [7, 11) is -2.06. The third-order valence-corrected chi connectivity index (χ3v) is 12.0. The van der Waals surface area contributed by atoms with Crippen molar-refractivity contribution in [3.63, 3.8) is 0 Å². The van der Waals surface area contributed by atoms with E-state index in [0.717, 1.165) is 13.1 Å². The molecule has 0 spiro atoms. The Labute approximate surface area is 223 Å². The van der Waals surface area contributed by atoms with Crippen molar-refractivity contribution in [1.29, 1.82) is 0 Å². The minimum atomic E-state index is -2.06. The van der Waals surface area contributed by atoms with E-state index in [-0.39, 0.29) is 0 Å². The summed E-state index contributed by atoms with van der Waals surface area (Å²) in [6.07, 6.45) is 10.0. The second kappa shape index (κ2) is 8.92. The topological polar surface area (TPSA) is 6.48 Å². The molecule has 2 nitrogen and oxygen atoms in total. The van der Waals surface area contributed by atoms with Gasteiger partial charge in [0.1, 0.15) is 8.07 Å². The summed E-state index contributed by atoms with van der Waals surface area (Å²) >= 11 is 0. The molecular weight excluding hydrogens is 464 g/mol. The highest BCUT2D eigenvalue weighted by Crippen LogP contribution is 2.52. The predicted molar refractivity (Wildman–Crippen MR) is 161 cm³/mol. The Balaban J connectivity index is 1.42. The first-order chi connectivity index (χ1) is 17.8. The molecule has 6 rings (SSSR count). The van der Waals surface area contributed by atoms with E-state index in [2.05, 4.69) is 136 Å². The Morgan fingerprint density at radius 2 is 0.973 bits per heavy atom. The summed E-state index contributed by atoms with van der Waals surface area (Å²) < 4.78 is 0. The molecule has 2 aliphatic heterocycles. The average molecular weight is 503 g/mol. The fourth-order valence-electron chi connectivity index (χ4n) is 6.72. The lowest BCUT2D eigenvalue weighted by Gasteiger charge is -2.33. The fourth-order valence-corrected chi connectivity index (χ4v) is 10.9. The van der Waals surface area contributed by atoms with Crippen LogP contribution in [-0.2, 0) is 0 Å². The summed E-state index contributed by atoms with van der Waals surface area (Å²) in [4.78, 5) is 4.99. The second-order valence-electron chi connectivity index (χ2n) is 11.8. The summed E-state index contributed by atoms with van der Waals surface area (Å²) in [5, 5.41) is 3.30. The van der Waals surface area contributed by atoms with Crippen LogP contribution in [-0.4, -0.2) is 21.2 Å². The van der Waals surface area contributed by atoms with Crippen LogP contribution in [0, 0.1) is 11.8 Å². The normalized spacial score (nSPS) is 19.1. The lowest BCUT2D eigenvalue weighted by Crippen LogP contribution is -2.36. The van der Waals surface area contributed by atoms with Gasteiger partial charge in [-0.15, -0.1) is 0 Å². The zero-order valence-electron chi connectivity index (χ0n) is 23.0. The van der Waals surface area contributed by atoms with Crippen LogP contribution in [0.5, 0.6) is 0 Å². The SMILES string of the molecule is CC(C)C1=C([Si](C)(C)C2=C(C(C)C)C=C3C2=CCN3c2ccccc2)C2=CCN(c3ccccc3)C2=C1. The summed E-state index contributed by atoms with van der Waals surface area (Å²) in [6, 6.07) is 21.8. The number of nitrogens with zero attached hydrogens (tertiary/aromatic N) is 2. The maximum Gasteiger partial charge on any atom is 0.114 e. The molecule has 4 aliphatic rings. The number of rotatable bonds is 6. The molecule has 0 aromatic heterocycles. The standard InChI is InChI=1S/C34H38N2Si/c1-23(2)29-21-31-27(17-19-35(31)25-13-9-7-10-14-25)33(29)37(5,6)34-28-18-20-36(26-15-11-8-12-16-26)32(28)22-30(34)24(3)4/h7-18,21-24H,19-20H2,1-6H3. The molecule has 0 radical (unpaired) electrons. The van der Waals surface area contributed by atoms with Crippen LogP contribution in [0.25, 0.3) is 0 Å². The van der Waals surface area contributed by atoms with Crippen molar-refractivity contribution in [3.8, 4) is 0 Å². The largest absolute Gasteiger partial charge is 0.337 e. The average Bonchev–Trinajstić information content (AvgIpc) is 3.63. The van der Waals surface area contributed by atoms with Gasteiger partial charge in [0.25, 0.3) is 0 Å². The van der Waals surface area contributed by atoms with Crippen LogP contribution in [0.15, 0.2) is 129 Å². The molecule has 0 saturated carbocycles. The van der Waals surface area contributed by atoms with Crippen LogP contribution >= 0.6 is 0 Å². The van der Waals surface area contributed by atoms with Crippen LogP contribution in [0.4, 0.5) is 11.4 Å². The molecule has 188 valence electrons. The molecule has 0 fully saturated rings. The highest BCUT2D eigenvalue weighted by molar-refractivity contribution is 6.93. The van der Waals surface area contributed by atoms with E-state index in [9.17, 15) is 0 Å². The molecule has 2 aromatic rings. The van der Waals surface area contributed by atoms with Crippen LogP contribution in [0.1, 0.15) is 27.7 Å². The van der Waals surface area contributed by atoms with Gasteiger partial charge >= 0.3 is 0 Å². The zero-order chi connectivity index (χ0) is 25.9. The van der Waals surface area contributed by atoms with E-state index in [4.69, 9.17) is 0 Å². The lowest BCUT2D eigenvalue weighted by atomic mass is 10.0. The van der Waals surface area contributed by atoms with Crippen molar-refractivity contribution in [2.75, 3.05) is 22.9 Å². The van der Waals surface area contributed by atoms with Crippen LogP contribution < -0.4 is 9.80 Å². The number of anilines is 2. The van der Waals surface area contributed by atoms with Gasteiger partial charge in [-0.05, 0) is 80.9 Å². The first-order valence-electron chi connectivity index (χ1n) is 13.8. The first kappa shape index (κ1) is 24.1. The minimum absolute atomic E-state index is 0.494. The number of hydrogen-bond acceptors (Lipinski definition) is 2. The molecule has 2 aromatic carbocycles. The molecule has 0 amide bonds. The van der Waals surface area contributed by atoms with Gasteiger partial charge in [-0.1, -0.05) is 89.3 Å². The highest BCUT2D eigenvalue weighted by Gasteiger charge is 2.46. The van der Waals surface area contributed by atoms with Gasteiger partial charge < -0.3 is 9.80 Å². The van der Waals surface area contributed by atoms with E-state index >= 15 is 0 Å². The monoisotopic (exact) mass is 502 g/mol. The quantitative estimate of drug-likeness (QED) is 0.366. The molecule has 0 atom stereocenters. The van der Waals surface area contributed by atoms with Gasteiger partial charge in [-0.2, -0.15) is 0 Å². The summed E-state index contributed by atoms with van der Waals surface area (Å²) in [5.41, 5.74) is 11.4. The zero-order valence-corrected chi connectivity index (χ0v) is 24.0. The third kappa shape index (κ3) is 3.75. The molecule has 2 aliphatic carbocycles. The smallest absolute Gasteiger partial charge is 0.114 e. The number of hydrogen-bond donors (Lipinski definition) is 0. The Kier molecular flexibility index (Phi) is 5.80. The molecule has 0 saturated heterocycles. The number of benzene rings is 2. The van der Waals surface area contributed by atoms with E-state index in [0.29, 0.717) is 11.8 Å². The van der Waals surface area contributed by atoms with Crippen molar-refractivity contribution in [3.05, 3.63) is 129 Å². The van der Waals surface area contributed by atoms with E-state index < -0.39 is 8.07 Å². The highest BCUT2D eigenvalue weighted by atomic mass is 28.3. The van der Waals surface area contributed by atoms with Crippen molar-refractivity contribution in [1.82, 2.24) is 0 Å². The second-order valence-corrected chi connectivity index (χ2v) is 16.0. The molecular formula is C34H38N2Si. The first-order valence-corrected chi connectivity index (χ1v) is 16.8. The van der Waals surface area contributed by atoms with Crippen molar-refractivity contribution >= 4 is 19.4 Å².